The summed E-state index contributed by atoms with van der Waals surface area (Å²) in [5, 5.41) is 0. The Balaban J connectivity index is 2.59. The molecule has 0 amide bonds. The SMILES string of the molecule is COCCN(C)S(=O)(=O)NCC(N)c1ccc(C(C)C)cc1. The van der Waals surface area contributed by atoms with Crippen molar-refractivity contribution in [2.45, 2.75) is 25.8 Å². The number of likely N-dealkylation sites (N-methyl/N-ethyl adjacent to an activating group) is 1. The zero-order valence-electron chi connectivity index (χ0n) is 13.7. The molecule has 126 valence electrons. The van der Waals surface area contributed by atoms with Crippen LogP contribution in [0.15, 0.2) is 24.3 Å². The lowest BCUT2D eigenvalue weighted by Gasteiger charge is -2.19. The zero-order valence-corrected chi connectivity index (χ0v) is 14.6. The summed E-state index contributed by atoms with van der Waals surface area (Å²) in [6.45, 7) is 5.04. The van der Waals surface area contributed by atoms with E-state index in [0.717, 1.165) is 5.56 Å². The van der Waals surface area contributed by atoms with Crippen LogP contribution >= 0.6 is 0 Å². The monoisotopic (exact) mass is 329 g/mol. The Labute approximate surface area is 133 Å². The van der Waals surface area contributed by atoms with Gasteiger partial charge in [-0.25, -0.2) is 4.72 Å². The molecule has 6 nitrogen and oxygen atoms in total. The topological polar surface area (TPSA) is 84.7 Å². The van der Waals surface area contributed by atoms with Crippen molar-refractivity contribution in [1.82, 2.24) is 9.03 Å². The Morgan fingerprint density at radius 2 is 1.77 bits per heavy atom. The van der Waals surface area contributed by atoms with E-state index in [1.54, 1.807) is 0 Å². The first-order valence-electron chi connectivity index (χ1n) is 7.33. The Bertz CT molecular complexity index is 544. The van der Waals surface area contributed by atoms with Crippen LogP contribution in [-0.4, -0.2) is 46.6 Å². The van der Waals surface area contributed by atoms with E-state index in [1.165, 1.54) is 24.0 Å². The fraction of sp³-hybridized carbons (Fsp3) is 0.600. The first-order chi connectivity index (χ1) is 10.3. The van der Waals surface area contributed by atoms with Crippen LogP contribution in [0, 0.1) is 0 Å². The van der Waals surface area contributed by atoms with Gasteiger partial charge < -0.3 is 10.5 Å². The standard InChI is InChI=1S/C15H27N3O3S/c1-12(2)13-5-7-14(8-6-13)15(16)11-17-22(19,20)18(3)9-10-21-4/h5-8,12,15,17H,9-11,16H2,1-4H3. The third-order valence-electron chi connectivity index (χ3n) is 3.54. The predicted molar refractivity (Wildman–Crippen MR) is 88.9 cm³/mol. The second-order valence-corrected chi connectivity index (χ2v) is 7.46. The first kappa shape index (κ1) is 19.1. The molecule has 0 saturated heterocycles. The van der Waals surface area contributed by atoms with Crippen LogP contribution in [0.2, 0.25) is 0 Å². The molecular formula is C15H27N3O3S. The molecule has 0 fully saturated rings. The lowest BCUT2D eigenvalue weighted by molar-refractivity contribution is 0.184. The van der Waals surface area contributed by atoms with Crippen molar-refractivity contribution in [3.05, 3.63) is 35.4 Å². The molecular weight excluding hydrogens is 302 g/mol. The number of hydrogen-bond acceptors (Lipinski definition) is 4. The number of nitrogens with zero attached hydrogens (tertiary/aromatic N) is 1. The molecule has 0 radical (unpaired) electrons. The lowest BCUT2D eigenvalue weighted by Crippen LogP contribution is -2.42. The average Bonchev–Trinajstić information content (AvgIpc) is 2.50. The van der Waals surface area contributed by atoms with Crippen LogP contribution in [0.1, 0.15) is 36.9 Å². The minimum Gasteiger partial charge on any atom is -0.383 e. The highest BCUT2D eigenvalue weighted by Gasteiger charge is 2.18. The van der Waals surface area contributed by atoms with Crippen LogP contribution in [0.3, 0.4) is 0 Å². The number of hydrogen-bond donors (Lipinski definition) is 2. The Morgan fingerprint density at radius 1 is 1.23 bits per heavy atom. The number of ether oxygens (including phenoxy) is 1. The molecule has 1 rings (SSSR count). The largest absolute Gasteiger partial charge is 0.383 e. The van der Waals surface area contributed by atoms with E-state index >= 15 is 0 Å². The van der Waals surface area contributed by atoms with Crippen LogP contribution in [-0.2, 0) is 14.9 Å². The minimum absolute atomic E-state index is 0.153. The minimum atomic E-state index is -3.53. The van der Waals surface area contributed by atoms with Gasteiger partial charge in [0.1, 0.15) is 0 Å². The van der Waals surface area contributed by atoms with Crippen LogP contribution in [0.25, 0.3) is 0 Å². The predicted octanol–water partition coefficient (Wildman–Crippen LogP) is 1.22. The molecule has 0 aliphatic rings. The Kier molecular flexibility index (Phi) is 7.44. The summed E-state index contributed by atoms with van der Waals surface area (Å²) in [7, 11) is -0.497. The first-order valence-corrected chi connectivity index (χ1v) is 8.77. The highest BCUT2D eigenvalue weighted by atomic mass is 32.2. The number of nitrogens with one attached hydrogen (secondary N) is 1. The van der Waals surface area contributed by atoms with Crippen molar-refractivity contribution < 1.29 is 13.2 Å². The van der Waals surface area contributed by atoms with Gasteiger partial charge in [0.25, 0.3) is 10.2 Å². The highest BCUT2D eigenvalue weighted by Crippen LogP contribution is 2.17. The molecule has 0 bridgehead atoms. The van der Waals surface area contributed by atoms with E-state index in [1.807, 2.05) is 24.3 Å². The average molecular weight is 329 g/mol. The number of nitrogens with two attached hydrogens (primary N) is 1. The van der Waals surface area contributed by atoms with Gasteiger partial charge in [-0.2, -0.15) is 12.7 Å². The second kappa shape index (κ2) is 8.59. The fourth-order valence-corrected chi connectivity index (χ4v) is 2.82. The lowest BCUT2D eigenvalue weighted by atomic mass is 9.99. The molecule has 1 aromatic rings. The van der Waals surface area contributed by atoms with E-state index in [0.29, 0.717) is 19.1 Å². The van der Waals surface area contributed by atoms with Gasteiger partial charge in [0, 0.05) is 33.3 Å². The van der Waals surface area contributed by atoms with Gasteiger partial charge in [0.15, 0.2) is 0 Å². The molecule has 0 aromatic heterocycles. The Hall–Kier alpha value is -0.990. The maximum Gasteiger partial charge on any atom is 0.279 e. The molecule has 7 heteroatoms. The van der Waals surface area contributed by atoms with Crippen molar-refractivity contribution >= 4 is 10.2 Å². The van der Waals surface area contributed by atoms with Gasteiger partial charge in [-0.3, -0.25) is 0 Å². The summed E-state index contributed by atoms with van der Waals surface area (Å²) in [6.07, 6.45) is 0. The smallest absolute Gasteiger partial charge is 0.279 e. The number of benzene rings is 1. The van der Waals surface area contributed by atoms with Gasteiger partial charge >= 0.3 is 0 Å². The van der Waals surface area contributed by atoms with Gasteiger partial charge in [-0.15, -0.1) is 0 Å². The molecule has 0 spiro atoms. The number of methoxy groups -OCH3 is 1. The molecule has 1 atom stereocenters. The van der Waals surface area contributed by atoms with Crippen LogP contribution in [0.5, 0.6) is 0 Å². The van der Waals surface area contributed by atoms with Crippen molar-refractivity contribution in [3.63, 3.8) is 0 Å². The van der Waals surface area contributed by atoms with Crippen molar-refractivity contribution in [2.75, 3.05) is 33.9 Å². The second-order valence-electron chi connectivity index (χ2n) is 5.60. The van der Waals surface area contributed by atoms with E-state index in [-0.39, 0.29) is 12.6 Å². The molecule has 1 aromatic carbocycles. The van der Waals surface area contributed by atoms with Gasteiger partial charge in [-0.1, -0.05) is 38.1 Å². The van der Waals surface area contributed by atoms with E-state index in [2.05, 4.69) is 18.6 Å². The van der Waals surface area contributed by atoms with Gasteiger partial charge in [0.05, 0.1) is 6.61 Å². The quantitative estimate of drug-likeness (QED) is 0.713. The fourth-order valence-electron chi connectivity index (χ4n) is 1.89. The molecule has 0 saturated carbocycles. The summed E-state index contributed by atoms with van der Waals surface area (Å²) >= 11 is 0. The summed E-state index contributed by atoms with van der Waals surface area (Å²) < 4.78 is 32.6. The van der Waals surface area contributed by atoms with Crippen molar-refractivity contribution in [2.24, 2.45) is 5.73 Å². The third kappa shape index (κ3) is 5.66. The van der Waals surface area contributed by atoms with Gasteiger partial charge in [-0.05, 0) is 17.0 Å². The van der Waals surface area contributed by atoms with E-state index in [4.69, 9.17) is 10.5 Å². The zero-order chi connectivity index (χ0) is 16.8. The maximum absolute atomic E-state index is 12.0. The highest BCUT2D eigenvalue weighted by molar-refractivity contribution is 7.87. The van der Waals surface area contributed by atoms with Crippen molar-refractivity contribution in [1.29, 1.82) is 0 Å². The molecule has 3 N–H and O–H groups in total. The molecule has 0 heterocycles. The van der Waals surface area contributed by atoms with Crippen molar-refractivity contribution in [3.8, 4) is 0 Å². The maximum atomic E-state index is 12.0. The van der Waals surface area contributed by atoms with E-state index < -0.39 is 10.2 Å². The normalized spacial score (nSPS) is 13.8. The third-order valence-corrected chi connectivity index (χ3v) is 5.07. The molecule has 1 unspecified atom stereocenters. The summed E-state index contributed by atoms with van der Waals surface area (Å²) in [5.41, 5.74) is 8.20. The number of rotatable bonds is 9. The summed E-state index contributed by atoms with van der Waals surface area (Å²) in [6, 6.07) is 7.57. The van der Waals surface area contributed by atoms with Gasteiger partial charge in [0.2, 0.25) is 0 Å². The van der Waals surface area contributed by atoms with Crippen LogP contribution < -0.4 is 10.5 Å². The summed E-state index contributed by atoms with van der Waals surface area (Å²) in [4.78, 5) is 0. The molecule has 22 heavy (non-hydrogen) atoms. The summed E-state index contributed by atoms with van der Waals surface area (Å²) in [5.74, 6) is 0.457. The molecule has 0 aliphatic carbocycles. The van der Waals surface area contributed by atoms with E-state index in [9.17, 15) is 8.42 Å². The molecule has 0 aliphatic heterocycles. The van der Waals surface area contributed by atoms with Crippen LogP contribution in [0.4, 0.5) is 0 Å². The Morgan fingerprint density at radius 3 is 2.27 bits per heavy atom.